The SMILES string of the molecule is Cc1ccc([C@H](Nc2ccc3nnnn3n2)c2cccs2)cc1. The van der Waals surface area contributed by atoms with Crippen LogP contribution in [-0.2, 0) is 0 Å². The quantitative estimate of drug-likeness (QED) is 0.625. The number of thiophene rings is 1. The Morgan fingerprint density at radius 1 is 1.09 bits per heavy atom. The number of anilines is 1. The lowest BCUT2D eigenvalue weighted by molar-refractivity contribution is 0.731. The predicted molar refractivity (Wildman–Crippen MR) is 89.5 cm³/mol. The van der Waals surface area contributed by atoms with Crippen molar-refractivity contribution in [1.29, 1.82) is 0 Å². The van der Waals surface area contributed by atoms with Crippen molar-refractivity contribution < 1.29 is 0 Å². The largest absolute Gasteiger partial charge is 0.357 e. The molecule has 3 heterocycles. The Kier molecular flexibility index (Phi) is 3.47. The summed E-state index contributed by atoms with van der Waals surface area (Å²) in [5, 5.41) is 21.3. The first-order valence-electron chi connectivity index (χ1n) is 7.21. The van der Waals surface area contributed by atoms with Gasteiger partial charge < -0.3 is 5.32 Å². The minimum atomic E-state index is 0.0389. The molecule has 0 radical (unpaired) electrons. The highest BCUT2D eigenvalue weighted by Crippen LogP contribution is 2.29. The van der Waals surface area contributed by atoms with E-state index in [0.29, 0.717) is 5.65 Å². The van der Waals surface area contributed by atoms with Gasteiger partial charge in [-0.2, -0.15) is 0 Å². The molecule has 23 heavy (non-hydrogen) atoms. The van der Waals surface area contributed by atoms with E-state index in [9.17, 15) is 0 Å². The molecule has 4 rings (SSSR count). The molecule has 0 amide bonds. The van der Waals surface area contributed by atoms with Crippen LogP contribution >= 0.6 is 11.3 Å². The van der Waals surface area contributed by atoms with Crippen molar-refractivity contribution in [2.24, 2.45) is 0 Å². The molecule has 6 nitrogen and oxygen atoms in total. The van der Waals surface area contributed by atoms with Gasteiger partial charge in [-0.3, -0.25) is 0 Å². The number of tetrazole rings is 1. The number of nitrogens with zero attached hydrogens (tertiary/aromatic N) is 5. The summed E-state index contributed by atoms with van der Waals surface area (Å²) < 4.78 is 1.42. The maximum absolute atomic E-state index is 4.40. The Morgan fingerprint density at radius 3 is 2.74 bits per heavy atom. The second-order valence-electron chi connectivity index (χ2n) is 5.25. The van der Waals surface area contributed by atoms with Gasteiger partial charge in [0.1, 0.15) is 5.82 Å². The Labute approximate surface area is 136 Å². The maximum Gasteiger partial charge on any atom is 0.200 e. The maximum atomic E-state index is 4.40. The van der Waals surface area contributed by atoms with Crippen molar-refractivity contribution in [2.45, 2.75) is 13.0 Å². The normalized spacial score (nSPS) is 12.4. The van der Waals surface area contributed by atoms with E-state index in [1.165, 1.54) is 20.6 Å². The lowest BCUT2D eigenvalue weighted by Crippen LogP contribution is -2.13. The van der Waals surface area contributed by atoms with Crippen LogP contribution < -0.4 is 5.32 Å². The van der Waals surface area contributed by atoms with E-state index < -0.39 is 0 Å². The first kappa shape index (κ1) is 13.8. The van der Waals surface area contributed by atoms with Gasteiger partial charge in [-0.1, -0.05) is 35.9 Å². The highest BCUT2D eigenvalue weighted by Gasteiger charge is 2.16. The van der Waals surface area contributed by atoms with E-state index >= 15 is 0 Å². The van der Waals surface area contributed by atoms with Crippen LogP contribution in [0.25, 0.3) is 5.65 Å². The van der Waals surface area contributed by atoms with Crippen molar-refractivity contribution in [2.75, 3.05) is 5.32 Å². The average Bonchev–Trinajstić information content (AvgIpc) is 3.24. The third-order valence-corrected chi connectivity index (χ3v) is 4.54. The number of aryl methyl sites for hydroxylation is 1. The van der Waals surface area contributed by atoms with Crippen LogP contribution in [0.1, 0.15) is 22.0 Å². The van der Waals surface area contributed by atoms with Crippen molar-refractivity contribution in [3.63, 3.8) is 0 Å². The molecule has 1 N–H and O–H groups in total. The second kappa shape index (κ2) is 5.77. The predicted octanol–water partition coefficient (Wildman–Crippen LogP) is 3.09. The molecular formula is C16H14N6S. The molecule has 0 aliphatic carbocycles. The Hall–Kier alpha value is -2.80. The molecule has 0 unspecified atom stereocenters. The lowest BCUT2D eigenvalue weighted by Gasteiger charge is -2.18. The second-order valence-corrected chi connectivity index (χ2v) is 6.23. The van der Waals surface area contributed by atoms with Gasteiger partial charge in [0, 0.05) is 4.88 Å². The minimum Gasteiger partial charge on any atom is -0.357 e. The smallest absolute Gasteiger partial charge is 0.200 e. The van der Waals surface area contributed by atoms with Gasteiger partial charge in [0.25, 0.3) is 0 Å². The molecule has 0 aliphatic heterocycles. The van der Waals surface area contributed by atoms with Crippen LogP contribution in [-0.4, -0.2) is 25.3 Å². The standard InChI is InChI=1S/C16H14N6S/c1-11-4-6-12(7-5-11)16(13-3-2-10-23-13)17-14-8-9-15-18-20-21-22(15)19-14/h2-10,16H,1H3,(H,17,19)/t16-/m0/s1. The van der Waals surface area contributed by atoms with Crippen LogP contribution in [0.5, 0.6) is 0 Å². The Morgan fingerprint density at radius 2 is 1.96 bits per heavy atom. The van der Waals surface area contributed by atoms with Crippen LogP contribution in [0.4, 0.5) is 5.82 Å². The van der Waals surface area contributed by atoms with E-state index in [1.54, 1.807) is 11.3 Å². The fraction of sp³-hybridized carbons (Fsp3) is 0.125. The van der Waals surface area contributed by atoms with Crippen LogP contribution in [0.2, 0.25) is 0 Å². The van der Waals surface area contributed by atoms with Crippen molar-refractivity contribution in [3.05, 3.63) is 69.9 Å². The van der Waals surface area contributed by atoms with Crippen LogP contribution in [0, 0.1) is 6.92 Å². The molecular weight excluding hydrogens is 308 g/mol. The van der Waals surface area contributed by atoms with Crippen molar-refractivity contribution in [1.82, 2.24) is 25.3 Å². The molecule has 1 atom stereocenters. The molecule has 0 aliphatic rings. The minimum absolute atomic E-state index is 0.0389. The number of benzene rings is 1. The van der Waals surface area contributed by atoms with Crippen molar-refractivity contribution in [3.8, 4) is 0 Å². The number of hydrogen-bond donors (Lipinski definition) is 1. The van der Waals surface area contributed by atoms with Gasteiger partial charge in [0.15, 0.2) is 5.65 Å². The fourth-order valence-corrected chi connectivity index (χ4v) is 3.21. The molecule has 0 bridgehead atoms. The zero-order valence-electron chi connectivity index (χ0n) is 12.4. The van der Waals surface area contributed by atoms with Crippen LogP contribution in [0.3, 0.4) is 0 Å². The monoisotopic (exact) mass is 322 g/mol. The average molecular weight is 322 g/mol. The Bertz CT molecular complexity index is 913. The van der Waals surface area contributed by atoms with Gasteiger partial charge in [0.05, 0.1) is 6.04 Å². The summed E-state index contributed by atoms with van der Waals surface area (Å²) in [5.41, 5.74) is 3.06. The van der Waals surface area contributed by atoms with Gasteiger partial charge in [-0.15, -0.1) is 26.2 Å². The molecule has 0 spiro atoms. The van der Waals surface area contributed by atoms with Gasteiger partial charge in [0.2, 0.25) is 0 Å². The topological polar surface area (TPSA) is 68.0 Å². The number of rotatable bonds is 4. The van der Waals surface area contributed by atoms with E-state index in [4.69, 9.17) is 0 Å². The molecule has 0 fully saturated rings. The first-order valence-corrected chi connectivity index (χ1v) is 8.09. The highest BCUT2D eigenvalue weighted by atomic mass is 32.1. The van der Waals surface area contributed by atoms with Crippen molar-refractivity contribution >= 4 is 22.8 Å². The summed E-state index contributed by atoms with van der Waals surface area (Å²) in [7, 11) is 0. The van der Waals surface area contributed by atoms with Crippen LogP contribution in [0.15, 0.2) is 53.9 Å². The molecule has 114 valence electrons. The van der Waals surface area contributed by atoms with E-state index in [-0.39, 0.29) is 6.04 Å². The molecule has 3 aromatic heterocycles. The fourth-order valence-electron chi connectivity index (χ4n) is 2.41. The van der Waals surface area contributed by atoms with E-state index in [0.717, 1.165) is 5.82 Å². The number of nitrogens with one attached hydrogen (secondary N) is 1. The van der Waals surface area contributed by atoms with Gasteiger partial charge >= 0.3 is 0 Å². The molecule has 4 aromatic rings. The lowest BCUT2D eigenvalue weighted by atomic mass is 10.0. The zero-order valence-corrected chi connectivity index (χ0v) is 13.2. The molecule has 1 aromatic carbocycles. The van der Waals surface area contributed by atoms with Gasteiger partial charge in [-0.05, 0) is 46.5 Å². The third kappa shape index (κ3) is 2.78. The Balaban J connectivity index is 1.71. The summed E-state index contributed by atoms with van der Waals surface area (Å²) >= 11 is 1.72. The zero-order chi connectivity index (χ0) is 15.6. The number of aromatic nitrogens is 5. The summed E-state index contributed by atoms with van der Waals surface area (Å²) in [4.78, 5) is 1.23. The number of fused-ring (bicyclic) bond motifs is 1. The molecule has 7 heteroatoms. The van der Waals surface area contributed by atoms with E-state index in [2.05, 4.69) is 74.6 Å². The first-order chi connectivity index (χ1) is 11.3. The summed E-state index contributed by atoms with van der Waals surface area (Å²) in [5.74, 6) is 0.726. The number of hydrogen-bond acceptors (Lipinski definition) is 6. The molecule has 0 saturated carbocycles. The van der Waals surface area contributed by atoms with E-state index in [1.807, 2.05) is 12.1 Å². The summed E-state index contributed by atoms with van der Waals surface area (Å²) in [6.07, 6.45) is 0. The molecule has 0 saturated heterocycles. The summed E-state index contributed by atoms with van der Waals surface area (Å²) in [6.45, 7) is 2.09. The van der Waals surface area contributed by atoms with Gasteiger partial charge in [-0.25, -0.2) is 0 Å². The highest BCUT2D eigenvalue weighted by molar-refractivity contribution is 7.10. The third-order valence-electron chi connectivity index (χ3n) is 3.60. The summed E-state index contributed by atoms with van der Waals surface area (Å²) in [6, 6.07) is 16.5.